The Morgan fingerprint density at radius 1 is 1.07 bits per heavy atom. The van der Waals surface area contributed by atoms with Gasteiger partial charge < -0.3 is 20.3 Å². The van der Waals surface area contributed by atoms with Gasteiger partial charge in [-0.3, -0.25) is 9.79 Å². The summed E-state index contributed by atoms with van der Waals surface area (Å²) in [6.45, 7) is 3.22. The Kier molecular flexibility index (Phi) is 10.4. The zero-order valence-corrected chi connectivity index (χ0v) is 19.5. The van der Waals surface area contributed by atoms with Crippen LogP contribution in [0.5, 0.6) is 5.75 Å². The number of halogens is 2. The molecule has 0 saturated carbocycles. The van der Waals surface area contributed by atoms with E-state index in [1.165, 1.54) is 6.07 Å². The maximum Gasteiger partial charge on any atom is 0.253 e. The van der Waals surface area contributed by atoms with Gasteiger partial charge in [0.25, 0.3) is 5.91 Å². The third-order valence-corrected chi connectivity index (χ3v) is 4.05. The van der Waals surface area contributed by atoms with E-state index in [-0.39, 0.29) is 41.5 Å². The van der Waals surface area contributed by atoms with Crippen LogP contribution < -0.4 is 15.4 Å². The summed E-state index contributed by atoms with van der Waals surface area (Å²) in [6.07, 6.45) is 0. The summed E-state index contributed by atoms with van der Waals surface area (Å²) in [7, 11) is 5.13. The summed E-state index contributed by atoms with van der Waals surface area (Å²) in [5.74, 6) is 0.448. The van der Waals surface area contributed by atoms with Gasteiger partial charge in [-0.1, -0.05) is 18.2 Å². The molecular formula is C21H28FIN4O2. The minimum Gasteiger partial charge on any atom is -0.491 e. The van der Waals surface area contributed by atoms with E-state index >= 15 is 0 Å². The number of nitrogens with one attached hydrogen (secondary N) is 2. The Hall–Kier alpha value is -2.36. The number of ether oxygens (including phenoxy) is 1. The van der Waals surface area contributed by atoms with Crippen LogP contribution in [0.25, 0.3) is 0 Å². The molecule has 0 radical (unpaired) electrons. The standard InChI is InChI=1S/C21H27FN4O2.HI/c1-5-28-19-11-8-16(12-18(19)22)14-25-21(23-2)24-13-15-6-9-17(10-7-15)20(27)26(3)4;/h6-12H,5,13-14H2,1-4H3,(H2,23,24,25);1H. The molecule has 0 aliphatic heterocycles. The highest BCUT2D eigenvalue weighted by Gasteiger charge is 2.08. The number of aliphatic imine (C=N–C) groups is 1. The average Bonchev–Trinajstić information content (AvgIpc) is 2.70. The fourth-order valence-electron chi connectivity index (χ4n) is 2.54. The van der Waals surface area contributed by atoms with Crippen molar-refractivity contribution in [2.45, 2.75) is 20.0 Å². The van der Waals surface area contributed by atoms with E-state index in [0.717, 1.165) is 11.1 Å². The number of nitrogens with zero attached hydrogens (tertiary/aromatic N) is 2. The minimum atomic E-state index is -0.378. The van der Waals surface area contributed by atoms with Gasteiger partial charge in [-0.05, 0) is 42.3 Å². The molecule has 1 amide bonds. The fourth-order valence-corrected chi connectivity index (χ4v) is 2.54. The van der Waals surface area contributed by atoms with Crippen molar-refractivity contribution in [3.63, 3.8) is 0 Å². The molecule has 0 aliphatic rings. The van der Waals surface area contributed by atoms with Crippen LogP contribution in [0, 0.1) is 5.82 Å². The second-order valence-corrected chi connectivity index (χ2v) is 6.37. The van der Waals surface area contributed by atoms with Crippen molar-refractivity contribution in [3.05, 3.63) is 65.0 Å². The summed E-state index contributed by atoms with van der Waals surface area (Å²) < 4.78 is 19.1. The Morgan fingerprint density at radius 3 is 2.17 bits per heavy atom. The molecule has 2 aromatic rings. The highest BCUT2D eigenvalue weighted by Crippen LogP contribution is 2.18. The Bertz CT molecular complexity index is 826. The van der Waals surface area contributed by atoms with Crippen LogP contribution in [0.15, 0.2) is 47.5 Å². The lowest BCUT2D eigenvalue weighted by Crippen LogP contribution is -2.36. The summed E-state index contributed by atoms with van der Waals surface area (Å²) >= 11 is 0. The van der Waals surface area contributed by atoms with Gasteiger partial charge in [0, 0.05) is 39.8 Å². The predicted molar refractivity (Wildman–Crippen MR) is 124 cm³/mol. The smallest absolute Gasteiger partial charge is 0.253 e. The molecule has 2 rings (SSSR count). The number of rotatable bonds is 7. The Balaban J connectivity index is 0.00000420. The van der Waals surface area contributed by atoms with Crippen molar-refractivity contribution in [3.8, 4) is 5.75 Å². The van der Waals surface area contributed by atoms with E-state index in [2.05, 4.69) is 15.6 Å². The maximum atomic E-state index is 13.9. The van der Waals surface area contributed by atoms with E-state index in [4.69, 9.17) is 4.74 Å². The van der Waals surface area contributed by atoms with E-state index < -0.39 is 0 Å². The van der Waals surface area contributed by atoms with Gasteiger partial charge in [0.1, 0.15) is 0 Å². The number of guanidine groups is 1. The van der Waals surface area contributed by atoms with Crippen molar-refractivity contribution >= 4 is 35.8 Å². The molecule has 0 spiro atoms. The van der Waals surface area contributed by atoms with Crippen molar-refractivity contribution in [1.82, 2.24) is 15.5 Å². The first kappa shape index (κ1) is 24.7. The first-order chi connectivity index (χ1) is 13.4. The number of carbonyl (C=O) groups excluding carboxylic acids is 1. The lowest BCUT2D eigenvalue weighted by molar-refractivity contribution is 0.0827. The van der Waals surface area contributed by atoms with Crippen LogP contribution in [0.3, 0.4) is 0 Å². The van der Waals surface area contributed by atoms with Crippen LogP contribution in [-0.2, 0) is 13.1 Å². The molecule has 0 fully saturated rings. The lowest BCUT2D eigenvalue weighted by atomic mass is 10.1. The molecule has 0 unspecified atom stereocenters. The molecule has 0 heterocycles. The topological polar surface area (TPSA) is 66.0 Å². The van der Waals surface area contributed by atoms with Gasteiger partial charge in [0.2, 0.25) is 0 Å². The molecular weight excluding hydrogens is 486 g/mol. The highest BCUT2D eigenvalue weighted by atomic mass is 127. The second-order valence-electron chi connectivity index (χ2n) is 6.37. The van der Waals surface area contributed by atoms with E-state index in [0.29, 0.717) is 31.2 Å². The van der Waals surface area contributed by atoms with Crippen molar-refractivity contribution in [1.29, 1.82) is 0 Å². The van der Waals surface area contributed by atoms with Crippen LogP contribution in [0.4, 0.5) is 4.39 Å². The number of hydrogen-bond acceptors (Lipinski definition) is 3. The SMILES string of the molecule is CCOc1ccc(CNC(=NC)NCc2ccc(C(=O)N(C)C)cc2)cc1F.I. The van der Waals surface area contributed by atoms with Crippen LogP contribution in [0.2, 0.25) is 0 Å². The third-order valence-electron chi connectivity index (χ3n) is 4.05. The molecule has 0 atom stereocenters. The molecule has 0 bridgehead atoms. The maximum absolute atomic E-state index is 13.9. The minimum absolute atomic E-state index is 0. The quantitative estimate of drug-likeness (QED) is 0.338. The average molecular weight is 514 g/mol. The van der Waals surface area contributed by atoms with Gasteiger partial charge in [0.05, 0.1) is 6.61 Å². The molecule has 0 aliphatic carbocycles. The molecule has 158 valence electrons. The first-order valence-electron chi connectivity index (χ1n) is 9.11. The largest absolute Gasteiger partial charge is 0.491 e. The molecule has 2 aromatic carbocycles. The summed E-state index contributed by atoms with van der Waals surface area (Å²) in [5.41, 5.74) is 2.45. The lowest BCUT2D eigenvalue weighted by Gasteiger charge is -2.13. The van der Waals surface area contributed by atoms with Gasteiger partial charge >= 0.3 is 0 Å². The van der Waals surface area contributed by atoms with Crippen LogP contribution in [-0.4, -0.2) is 44.5 Å². The Labute approximate surface area is 188 Å². The molecule has 8 heteroatoms. The van der Waals surface area contributed by atoms with Gasteiger partial charge in [-0.25, -0.2) is 4.39 Å². The molecule has 6 nitrogen and oxygen atoms in total. The Morgan fingerprint density at radius 2 is 1.66 bits per heavy atom. The van der Waals surface area contributed by atoms with E-state index in [1.54, 1.807) is 44.2 Å². The number of amides is 1. The molecule has 2 N–H and O–H groups in total. The van der Waals surface area contributed by atoms with Crippen molar-refractivity contribution in [2.75, 3.05) is 27.7 Å². The summed E-state index contributed by atoms with van der Waals surface area (Å²) in [4.78, 5) is 17.6. The fraction of sp³-hybridized carbons (Fsp3) is 0.333. The zero-order valence-electron chi connectivity index (χ0n) is 17.2. The summed E-state index contributed by atoms with van der Waals surface area (Å²) in [5, 5.41) is 6.35. The van der Waals surface area contributed by atoms with Crippen LogP contribution in [0.1, 0.15) is 28.4 Å². The molecule has 29 heavy (non-hydrogen) atoms. The van der Waals surface area contributed by atoms with Crippen LogP contribution >= 0.6 is 24.0 Å². The van der Waals surface area contributed by atoms with E-state index in [1.807, 2.05) is 25.1 Å². The number of hydrogen-bond donors (Lipinski definition) is 2. The van der Waals surface area contributed by atoms with Crippen molar-refractivity contribution < 1.29 is 13.9 Å². The normalized spacial score (nSPS) is 10.7. The highest BCUT2D eigenvalue weighted by molar-refractivity contribution is 14.0. The van der Waals surface area contributed by atoms with Crippen molar-refractivity contribution in [2.24, 2.45) is 4.99 Å². The predicted octanol–water partition coefficient (Wildman–Crippen LogP) is 3.41. The molecule has 0 saturated heterocycles. The van der Waals surface area contributed by atoms with E-state index in [9.17, 15) is 9.18 Å². The third kappa shape index (κ3) is 7.52. The van der Waals surface area contributed by atoms with Gasteiger partial charge in [0.15, 0.2) is 17.5 Å². The monoisotopic (exact) mass is 514 g/mol. The molecule has 0 aromatic heterocycles. The summed E-state index contributed by atoms with van der Waals surface area (Å²) in [6, 6.07) is 12.3. The number of benzene rings is 2. The van der Waals surface area contributed by atoms with Gasteiger partial charge in [-0.2, -0.15) is 0 Å². The second kappa shape index (κ2) is 12.3. The first-order valence-corrected chi connectivity index (χ1v) is 9.11. The van der Waals surface area contributed by atoms with Gasteiger partial charge in [-0.15, -0.1) is 24.0 Å². The zero-order chi connectivity index (χ0) is 20.5. The number of carbonyl (C=O) groups is 1.